The summed E-state index contributed by atoms with van der Waals surface area (Å²) < 4.78 is 5.14. The van der Waals surface area contributed by atoms with Gasteiger partial charge in [-0.25, -0.2) is 0 Å². The number of allylic oxidation sites excluding steroid dienone is 1. The molecule has 2 amide bonds. The Hall–Kier alpha value is -3.39. The molecule has 0 radical (unpaired) electrons. The molecule has 1 heterocycles. The van der Waals surface area contributed by atoms with Gasteiger partial charge < -0.3 is 15.4 Å². The van der Waals surface area contributed by atoms with E-state index in [0.29, 0.717) is 10.9 Å². The van der Waals surface area contributed by atoms with Gasteiger partial charge in [-0.05, 0) is 48.7 Å². The Balaban J connectivity index is 1.55. The average Bonchev–Trinajstić information content (AvgIpc) is 3.15. The van der Waals surface area contributed by atoms with Crippen molar-refractivity contribution in [3.05, 3.63) is 65.7 Å². The number of nitrogens with one attached hydrogen (secondary N) is 2. The standard InChI is InChI=1S/C24H26N4O3S/c1-4-18-7-5-6-8-20(18)25-22(29)15-21-23(30)26-24(32-21)28-27-16(2)9-10-17-11-13-19(31-3)14-12-17/h5-14,21H,4,15H2,1-3H3,(H,25,29)(H,26,28,30)/b10-9+,27-16+. The molecule has 1 fully saturated rings. The van der Waals surface area contributed by atoms with Gasteiger partial charge in [0.15, 0.2) is 5.17 Å². The van der Waals surface area contributed by atoms with Gasteiger partial charge in [-0.1, -0.05) is 55.1 Å². The van der Waals surface area contributed by atoms with E-state index in [4.69, 9.17) is 4.74 Å². The minimum Gasteiger partial charge on any atom is -0.497 e. The van der Waals surface area contributed by atoms with E-state index in [2.05, 4.69) is 20.8 Å². The number of methoxy groups -OCH3 is 1. The minimum atomic E-state index is -0.534. The Kier molecular flexibility index (Phi) is 8.21. The van der Waals surface area contributed by atoms with Crippen molar-refractivity contribution in [2.75, 3.05) is 12.4 Å². The second-order valence-electron chi connectivity index (χ2n) is 7.11. The van der Waals surface area contributed by atoms with Crippen LogP contribution in [0.15, 0.2) is 64.8 Å². The fourth-order valence-corrected chi connectivity index (χ4v) is 3.91. The van der Waals surface area contributed by atoms with Gasteiger partial charge in [-0.2, -0.15) is 5.10 Å². The average molecular weight is 451 g/mol. The Bertz CT molecular complexity index is 1060. The highest BCUT2D eigenvalue weighted by atomic mass is 32.2. The summed E-state index contributed by atoms with van der Waals surface area (Å²) in [4.78, 5) is 24.7. The zero-order valence-electron chi connectivity index (χ0n) is 18.3. The van der Waals surface area contributed by atoms with E-state index < -0.39 is 5.25 Å². The summed E-state index contributed by atoms with van der Waals surface area (Å²) >= 11 is 1.21. The van der Waals surface area contributed by atoms with Crippen LogP contribution in [0.3, 0.4) is 0 Å². The van der Waals surface area contributed by atoms with Gasteiger partial charge in [0, 0.05) is 12.1 Å². The second kappa shape index (κ2) is 11.3. The molecule has 0 aromatic heterocycles. The zero-order valence-corrected chi connectivity index (χ0v) is 19.1. The van der Waals surface area contributed by atoms with Gasteiger partial charge in [-0.3, -0.25) is 9.59 Å². The van der Waals surface area contributed by atoms with E-state index in [1.54, 1.807) is 7.11 Å². The number of ether oxygens (including phenoxy) is 1. The van der Waals surface area contributed by atoms with Crippen molar-refractivity contribution in [2.24, 2.45) is 10.2 Å². The van der Waals surface area contributed by atoms with E-state index in [1.165, 1.54) is 11.8 Å². The van der Waals surface area contributed by atoms with Crippen LogP contribution >= 0.6 is 11.8 Å². The van der Waals surface area contributed by atoms with Gasteiger partial charge in [0.05, 0.1) is 12.8 Å². The molecule has 2 aromatic carbocycles. The summed E-state index contributed by atoms with van der Waals surface area (Å²) in [6.45, 7) is 3.85. The lowest BCUT2D eigenvalue weighted by Crippen LogP contribution is -2.28. The quantitative estimate of drug-likeness (QED) is 0.464. The van der Waals surface area contributed by atoms with Crippen LogP contribution in [0, 0.1) is 0 Å². The topological polar surface area (TPSA) is 92.2 Å². The number of benzene rings is 2. The number of aryl methyl sites for hydroxylation is 1. The molecular weight excluding hydrogens is 424 g/mol. The number of rotatable bonds is 8. The minimum absolute atomic E-state index is 0.0631. The van der Waals surface area contributed by atoms with Crippen LogP contribution in [0.1, 0.15) is 31.4 Å². The maximum Gasteiger partial charge on any atom is 0.240 e. The van der Waals surface area contributed by atoms with Crippen molar-refractivity contribution in [3.63, 3.8) is 0 Å². The van der Waals surface area contributed by atoms with Crippen molar-refractivity contribution >= 4 is 46.2 Å². The molecule has 2 aromatic rings. The largest absolute Gasteiger partial charge is 0.497 e. The highest BCUT2D eigenvalue weighted by molar-refractivity contribution is 8.15. The van der Waals surface area contributed by atoms with Crippen molar-refractivity contribution in [3.8, 4) is 5.75 Å². The molecule has 0 aliphatic carbocycles. The predicted octanol–water partition coefficient (Wildman–Crippen LogP) is 4.26. The van der Waals surface area contributed by atoms with Crippen molar-refractivity contribution < 1.29 is 14.3 Å². The molecule has 0 saturated carbocycles. The van der Waals surface area contributed by atoms with Crippen LogP contribution in [0.5, 0.6) is 5.75 Å². The molecule has 0 bridgehead atoms. The third-order valence-electron chi connectivity index (χ3n) is 4.75. The molecule has 7 nitrogen and oxygen atoms in total. The number of amidine groups is 1. The molecule has 2 N–H and O–H groups in total. The summed E-state index contributed by atoms with van der Waals surface area (Å²) in [7, 11) is 1.63. The maximum atomic E-state index is 12.4. The molecule has 1 saturated heterocycles. The number of carbonyl (C=O) groups excluding carboxylic acids is 2. The van der Waals surface area contributed by atoms with E-state index >= 15 is 0 Å². The van der Waals surface area contributed by atoms with Crippen molar-refractivity contribution in [2.45, 2.75) is 31.9 Å². The lowest BCUT2D eigenvalue weighted by molar-refractivity contribution is -0.122. The van der Waals surface area contributed by atoms with Crippen LogP contribution in [0.4, 0.5) is 5.69 Å². The van der Waals surface area contributed by atoms with E-state index in [1.807, 2.05) is 74.5 Å². The molecule has 32 heavy (non-hydrogen) atoms. The fourth-order valence-electron chi connectivity index (χ4n) is 3.00. The molecule has 3 rings (SSSR count). The van der Waals surface area contributed by atoms with Gasteiger partial charge >= 0.3 is 0 Å². The summed E-state index contributed by atoms with van der Waals surface area (Å²) in [5, 5.41) is 13.7. The fraction of sp³-hybridized carbons (Fsp3) is 0.250. The second-order valence-corrected chi connectivity index (χ2v) is 8.30. The van der Waals surface area contributed by atoms with E-state index in [-0.39, 0.29) is 18.2 Å². The SMILES string of the molecule is CCc1ccccc1NC(=O)CC1S\C(=N/N=C(C)/C=C/c2ccc(OC)cc2)NC1=O. The number of para-hydroxylation sites is 1. The number of carbonyl (C=O) groups is 2. The number of anilines is 1. The summed E-state index contributed by atoms with van der Waals surface area (Å²) in [5.74, 6) is 0.349. The Morgan fingerprint density at radius 3 is 2.69 bits per heavy atom. The smallest absolute Gasteiger partial charge is 0.240 e. The van der Waals surface area contributed by atoms with Gasteiger partial charge in [0.25, 0.3) is 0 Å². The molecule has 1 atom stereocenters. The number of amides is 2. The van der Waals surface area contributed by atoms with Crippen LogP contribution < -0.4 is 15.4 Å². The van der Waals surface area contributed by atoms with E-state index in [9.17, 15) is 9.59 Å². The first kappa shape index (κ1) is 23.3. The van der Waals surface area contributed by atoms with Crippen LogP contribution in [-0.4, -0.2) is 35.1 Å². The third kappa shape index (κ3) is 6.55. The lowest BCUT2D eigenvalue weighted by atomic mass is 10.1. The molecule has 1 unspecified atom stereocenters. The first-order chi connectivity index (χ1) is 15.5. The third-order valence-corrected chi connectivity index (χ3v) is 5.82. The van der Waals surface area contributed by atoms with Crippen LogP contribution in [0.25, 0.3) is 6.08 Å². The molecule has 0 spiro atoms. The predicted molar refractivity (Wildman–Crippen MR) is 131 cm³/mol. The highest BCUT2D eigenvalue weighted by Crippen LogP contribution is 2.24. The van der Waals surface area contributed by atoms with E-state index in [0.717, 1.165) is 29.0 Å². The number of hydrogen-bond donors (Lipinski definition) is 2. The summed E-state index contributed by atoms with van der Waals surface area (Å²) in [5.41, 5.74) is 3.52. The Morgan fingerprint density at radius 2 is 1.97 bits per heavy atom. The zero-order chi connectivity index (χ0) is 22.9. The molecule has 1 aliphatic heterocycles. The molecular formula is C24H26N4O3S. The van der Waals surface area contributed by atoms with Crippen LogP contribution in [-0.2, 0) is 16.0 Å². The molecule has 8 heteroatoms. The Labute approximate surface area is 192 Å². The highest BCUT2D eigenvalue weighted by Gasteiger charge is 2.32. The first-order valence-corrected chi connectivity index (χ1v) is 11.2. The summed E-state index contributed by atoms with van der Waals surface area (Å²) in [6.07, 6.45) is 4.63. The van der Waals surface area contributed by atoms with Crippen LogP contribution in [0.2, 0.25) is 0 Å². The number of nitrogens with zero attached hydrogens (tertiary/aromatic N) is 2. The molecule has 166 valence electrons. The Morgan fingerprint density at radius 1 is 1.22 bits per heavy atom. The monoisotopic (exact) mass is 450 g/mol. The normalized spacial score (nSPS) is 17.6. The summed E-state index contributed by atoms with van der Waals surface area (Å²) in [6, 6.07) is 15.3. The molecule has 1 aliphatic rings. The van der Waals surface area contributed by atoms with Crippen molar-refractivity contribution in [1.82, 2.24) is 5.32 Å². The number of thioether (sulfide) groups is 1. The van der Waals surface area contributed by atoms with Crippen molar-refractivity contribution in [1.29, 1.82) is 0 Å². The lowest BCUT2D eigenvalue weighted by Gasteiger charge is -2.10. The van der Waals surface area contributed by atoms with Gasteiger partial charge in [0.1, 0.15) is 11.0 Å². The first-order valence-electron chi connectivity index (χ1n) is 10.3. The number of hydrogen-bond acceptors (Lipinski definition) is 6. The maximum absolute atomic E-state index is 12.4. The van der Waals surface area contributed by atoms with Gasteiger partial charge in [0.2, 0.25) is 11.8 Å². The van der Waals surface area contributed by atoms with Gasteiger partial charge in [-0.15, -0.1) is 5.10 Å².